The molecule has 6 N–H and O–H groups in total. The summed E-state index contributed by atoms with van der Waals surface area (Å²) in [5.74, 6) is -1.39. The molecule has 0 aliphatic heterocycles. The number of ether oxygens (including phenoxy) is 1. The van der Waals surface area contributed by atoms with E-state index in [2.05, 4.69) is 5.32 Å². The Morgan fingerprint density at radius 2 is 1.91 bits per heavy atom. The number of nitrogens with one attached hydrogen (secondary N) is 2. The number of halogens is 1. The molecule has 1 aromatic carbocycles. The van der Waals surface area contributed by atoms with Gasteiger partial charge in [-0.3, -0.25) is 10.2 Å². The maximum atomic E-state index is 12.6. The summed E-state index contributed by atoms with van der Waals surface area (Å²) in [6, 6.07) is 8.40. The minimum absolute atomic E-state index is 0. The molecule has 0 aliphatic rings. The van der Waals surface area contributed by atoms with Gasteiger partial charge in [-0.25, -0.2) is 4.79 Å². The molecular weight excluding hydrogens is 320 g/mol. The number of carbonyl (C=O) groups is 2. The Labute approximate surface area is 141 Å². The highest BCUT2D eigenvalue weighted by atomic mass is 35.5. The van der Waals surface area contributed by atoms with Gasteiger partial charge < -0.3 is 21.5 Å². The van der Waals surface area contributed by atoms with E-state index in [0.29, 0.717) is 18.5 Å². The van der Waals surface area contributed by atoms with Crippen LogP contribution in [-0.4, -0.2) is 36.4 Å². The van der Waals surface area contributed by atoms with Crippen molar-refractivity contribution >= 4 is 30.1 Å². The van der Waals surface area contributed by atoms with Gasteiger partial charge in [0.25, 0.3) is 0 Å². The number of hydrogen-bond acceptors (Lipinski definition) is 5. The lowest BCUT2D eigenvalue weighted by atomic mass is 9.86. The van der Waals surface area contributed by atoms with Gasteiger partial charge in [-0.1, -0.05) is 30.3 Å². The Bertz CT molecular complexity index is 539. The highest BCUT2D eigenvalue weighted by molar-refractivity contribution is 6.16. The largest absolute Gasteiger partial charge is 0.464 e. The van der Waals surface area contributed by atoms with E-state index in [4.69, 9.17) is 21.6 Å². The number of esters is 1. The molecule has 128 valence electrons. The topological polar surface area (TPSA) is 131 Å². The first kappa shape index (κ1) is 20.9. The molecule has 0 amide bonds. The minimum atomic E-state index is -1.74. The van der Waals surface area contributed by atoms with Crippen molar-refractivity contribution in [1.29, 1.82) is 5.41 Å². The van der Waals surface area contributed by atoms with Crippen LogP contribution in [0.15, 0.2) is 30.3 Å². The van der Waals surface area contributed by atoms with Crippen LogP contribution in [0.1, 0.15) is 30.1 Å². The zero-order chi connectivity index (χ0) is 16.6. The summed E-state index contributed by atoms with van der Waals surface area (Å²) in [5, 5.41) is 9.68. The second-order valence-corrected chi connectivity index (χ2v) is 4.83. The number of rotatable bonds is 8. The van der Waals surface area contributed by atoms with Crippen LogP contribution in [0.25, 0.3) is 0 Å². The first-order valence-electron chi connectivity index (χ1n) is 7.05. The van der Waals surface area contributed by atoms with Crippen LogP contribution in [0.5, 0.6) is 0 Å². The van der Waals surface area contributed by atoms with E-state index in [1.54, 1.807) is 37.3 Å². The molecule has 0 bridgehead atoms. The van der Waals surface area contributed by atoms with Gasteiger partial charge in [0.2, 0.25) is 0 Å². The first-order valence-corrected chi connectivity index (χ1v) is 7.05. The van der Waals surface area contributed by atoms with Gasteiger partial charge in [-0.2, -0.15) is 0 Å². The van der Waals surface area contributed by atoms with Crippen LogP contribution in [0, 0.1) is 5.41 Å². The van der Waals surface area contributed by atoms with Crippen LogP contribution in [0.3, 0.4) is 0 Å². The summed E-state index contributed by atoms with van der Waals surface area (Å²) in [7, 11) is 0. The molecule has 0 aliphatic carbocycles. The summed E-state index contributed by atoms with van der Waals surface area (Å²) in [4.78, 5) is 24.8. The fourth-order valence-electron chi connectivity index (χ4n) is 2.01. The quantitative estimate of drug-likeness (QED) is 0.138. The minimum Gasteiger partial charge on any atom is -0.464 e. The normalized spacial score (nSPS) is 12.4. The van der Waals surface area contributed by atoms with E-state index in [-0.39, 0.29) is 31.4 Å². The molecule has 0 saturated heterocycles. The van der Waals surface area contributed by atoms with Crippen LogP contribution in [0.4, 0.5) is 0 Å². The summed E-state index contributed by atoms with van der Waals surface area (Å²) < 4.78 is 4.96. The number of ketones is 1. The standard InChI is InChI=1S/C15H22N4O3.ClH/c1-2-22-13(21)15(18,9-6-10-19-14(16)17)12(20)11-7-4-3-5-8-11;/h3-5,7-8H,2,6,9-10,18H2,1H3,(H4,16,17,19);1H. The number of carbonyl (C=O) groups excluding carboxylic acids is 2. The van der Waals surface area contributed by atoms with Crippen LogP contribution in [0.2, 0.25) is 0 Å². The number of Topliss-reactive ketones (excluding diaryl/α,β-unsaturated/α-hetero) is 1. The van der Waals surface area contributed by atoms with Crippen molar-refractivity contribution in [2.24, 2.45) is 11.5 Å². The van der Waals surface area contributed by atoms with E-state index in [9.17, 15) is 9.59 Å². The first-order chi connectivity index (χ1) is 10.4. The highest BCUT2D eigenvalue weighted by Crippen LogP contribution is 2.19. The Kier molecular flexibility index (Phi) is 8.90. The van der Waals surface area contributed by atoms with Crippen molar-refractivity contribution in [2.45, 2.75) is 25.3 Å². The van der Waals surface area contributed by atoms with Gasteiger partial charge in [0, 0.05) is 12.1 Å². The van der Waals surface area contributed by atoms with E-state index in [0.717, 1.165) is 0 Å². The molecule has 0 saturated carbocycles. The molecule has 0 fully saturated rings. The average Bonchev–Trinajstić information content (AvgIpc) is 2.51. The maximum Gasteiger partial charge on any atom is 0.334 e. The Hall–Kier alpha value is -2.12. The van der Waals surface area contributed by atoms with Gasteiger partial charge in [0.05, 0.1) is 6.61 Å². The smallest absolute Gasteiger partial charge is 0.334 e. The third kappa shape index (κ3) is 5.88. The van der Waals surface area contributed by atoms with Crippen molar-refractivity contribution in [3.05, 3.63) is 35.9 Å². The van der Waals surface area contributed by atoms with Crippen molar-refractivity contribution < 1.29 is 14.3 Å². The van der Waals surface area contributed by atoms with Crippen LogP contribution in [-0.2, 0) is 9.53 Å². The zero-order valence-electron chi connectivity index (χ0n) is 13.0. The van der Waals surface area contributed by atoms with E-state index in [1.165, 1.54) is 0 Å². The molecule has 0 aromatic heterocycles. The number of guanidine groups is 1. The van der Waals surface area contributed by atoms with Gasteiger partial charge in [-0.05, 0) is 19.8 Å². The van der Waals surface area contributed by atoms with E-state index < -0.39 is 17.3 Å². The van der Waals surface area contributed by atoms with Crippen LogP contribution < -0.4 is 16.8 Å². The van der Waals surface area contributed by atoms with Crippen molar-refractivity contribution in [3.63, 3.8) is 0 Å². The lowest BCUT2D eigenvalue weighted by molar-refractivity contribution is -0.147. The second-order valence-electron chi connectivity index (χ2n) is 4.83. The molecule has 23 heavy (non-hydrogen) atoms. The number of hydrogen-bond donors (Lipinski definition) is 4. The fourth-order valence-corrected chi connectivity index (χ4v) is 2.01. The zero-order valence-corrected chi connectivity index (χ0v) is 13.8. The van der Waals surface area contributed by atoms with E-state index in [1.807, 2.05) is 0 Å². The molecule has 1 rings (SSSR count). The molecular formula is C15H23ClN4O3. The Morgan fingerprint density at radius 3 is 2.43 bits per heavy atom. The Balaban J connectivity index is 0.00000484. The molecule has 0 spiro atoms. The highest BCUT2D eigenvalue weighted by Gasteiger charge is 2.43. The average molecular weight is 343 g/mol. The predicted octanol–water partition coefficient (Wildman–Crippen LogP) is 0.815. The summed E-state index contributed by atoms with van der Waals surface area (Å²) in [5.41, 5.74) is 9.88. The molecule has 7 nitrogen and oxygen atoms in total. The summed E-state index contributed by atoms with van der Waals surface area (Å²) >= 11 is 0. The lowest BCUT2D eigenvalue weighted by Crippen LogP contribution is -2.56. The summed E-state index contributed by atoms with van der Waals surface area (Å²) in [6.07, 6.45) is 0.493. The monoisotopic (exact) mass is 342 g/mol. The van der Waals surface area contributed by atoms with Crippen molar-refractivity contribution in [2.75, 3.05) is 13.2 Å². The predicted molar refractivity (Wildman–Crippen MR) is 90.7 cm³/mol. The molecule has 1 atom stereocenters. The number of nitrogens with two attached hydrogens (primary N) is 2. The molecule has 0 radical (unpaired) electrons. The molecule has 1 unspecified atom stereocenters. The Morgan fingerprint density at radius 1 is 1.30 bits per heavy atom. The van der Waals surface area contributed by atoms with Crippen LogP contribution >= 0.6 is 12.4 Å². The maximum absolute atomic E-state index is 12.6. The summed E-state index contributed by atoms with van der Waals surface area (Å²) in [6.45, 7) is 2.14. The molecule has 0 heterocycles. The second kappa shape index (κ2) is 9.81. The third-order valence-corrected chi connectivity index (χ3v) is 3.14. The van der Waals surface area contributed by atoms with Gasteiger partial charge in [-0.15, -0.1) is 12.4 Å². The van der Waals surface area contributed by atoms with Crippen molar-refractivity contribution in [1.82, 2.24) is 5.32 Å². The van der Waals surface area contributed by atoms with Gasteiger partial charge in [0.15, 0.2) is 17.3 Å². The van der Waals surface area contributed by atoms with Gasteiger partial charge in [0.1, 0.15) is 0 Å². The number of benzene rings is 1. The van der Waals surface area contributed by atoms with Crippen molar-refractivity contribution in [3.8, 4) is 0 Å². The SMILES string of the molecule is CCOC(=O)C(N)(CCCNC(=N)N)C(=O)c1ccccc1.Cl. The fraction of sp³-hybridized carbons (Fsp3) is 0.400. The third-order valence-electron chi connectivity index (χ3n) is 3.14. The lowest BCUT2D eigenvalue weighted by Gasteiger charge is -2.25. The van der Waals surface area contributed by atoms with Gasteiger partial charge >= 0.3 is 5.97 Å². The van der Waals surface area contributed by atoms with E-state index >= 15 is 0 Å². The molecule has 8 heteroatoms. The molecule has 1 aromatic rings.